The maximum absolute atomic E-state index is 5.56. The van der Waals surface area contributed by atoms with Gasteiger partial charge in [0.2, 0.25) is 0 Å². The molecule has 1 aliphatic rings. The molecular formula is C14H20NPS. The van der Waals surface area contributed by atoms with Gasteiger partial charge in [0.15, 0.2) is 0 Å². The normalized spacial score (nSPS) is 18.6. The second-order valence-corrected chi connectivity index (χ2v) is 7.70. The van der Waals surface area contributed by atoms with Crippen LogP contribution in [0.25, 0.3) is 0 Å². The van der Waals surface area contributed by atoms with Crippen molar-refractivity contribution < 1.29 is 0 Å². The van der Waals surface area contributed by atoms with Crippen LogP contribution >= 0.6 is 20.1 Å². The lowest BCUT2D eigenvalue weighted by atomic mass is 10.0. The summed E-state index contributed by atoms with van der Waals surface area (Å²) in [7, 11) is 1.65. The third kappa shape index (κ3) is 3.26. The van der Waals surface area contributed by atoms with E-state index in [0.29, 0.717) is 0 Å². The Morgan fingerprint density at radius 2 is 1.82 bits per heavy atom. The van der Waals surface area contributed by atoms with E-state index < -0.39 is 0 Å². The maximum atomic E-state index is 5.56. The van der Waals surface area contributed by atoms with Crippen molar-refractivity contribution in [3.8, 4) is 0 Å². The summed E-state index contributed by atoms with van der Waals surface area (Å²) in [6.07, 6.45) is 6.86. The van der Waals surface area contributed by atoms with Crippen molar-refractivity contribution in [3.63, 3.8) is 0 Å². The molecule has 1 atom stereocenters. The SMILES string of the molecule is CNC(=S)P(c1ccccc1)C1CCCCC1. The molecule has 0 heterocycles. The Morgan fingerprint density at radius 1 is 1.18 bits per heavy atom. The number of rotatable bonds is 3. The maximum Gasteiger partial charge on any atom is 0.103 e. The Morgan fingerprint density at radius 3 is 2.41 bits per heavy atom. The number of thiocarbonyl (C=S) groups is 1. The highest BCUT2D eigenvalue weighted by atomic mass is 32.1. The number of hydrogen-bond acceptors (Lipinski definition) is 1. The Labute approximate surface area is 111 Å². The highest BCUT2D eigenvalue weighted by molar-refractivity contribution is 8.01. The van der Waals surface area contributed by atoms with E-state index in [-0.39, 0.29) is 7.92 Å². The molecule has 0 aliphatic heterocycles. The third-order valence-corrected chi connectivity index (χ3v) is 6.96. The Hall–Kier alpha value is -0.460. The van der Waals surface area contributed by atoms with Gasteiger partial charge in [0.1, 0.15) is 4.73 Å². The number of nitrogens with one attached hydrogen (secondary N) is 1. The molecule has 1 aromatic rings. The average Bonchev–Trinajstić information content (AvgIpc) is 2.41. The Kier molecular flexibility index (Phi) is 4.94. The minimum atomic E-state index is -0.315. The summed E-state index contributed by atoms with van der Waals surface area (Å²) >= 11 is 5.56. The van der Waals surface area contributed by atoms with E-state index in [2.05, 4.69) is 35.6 Å². The van der Waals surface area contributed by atoms with Crippen LogP contribution in [0.2, 0.25) is 0 Å². The van der Waals surface area contributed by atoms with Crippen LogP contribution in [0.5, 0.6) is 0 Å². The van der Waals surface area contributed by atoms with Crippen LogP contribution in [0.1, 0.15) is 32.1 Å². The molecular weight excluding hydrogens is 245 g/mol. The van der Waals surface area contributed by atoms with Crippen molar-refractivity contribution in [3.05, 3.63) is 30.3 Å². The lowest BCUT2D eigenvalue weighted by Gasteiger charge is -2.31. The molecule has 1 nitrogen and oxygen atoms in total. The summed E-state index contributed by atoms with van der Waals surface area (Å²) < 4.78 is 1.07. The van der Waals surface area contributed by atoms with Crippen LogP contribution in [0.4, 0.5) is 0 Å². The molecule has 1 aromatic carbocycles. The van der Waals surface area contributed by atoms with Gasteiger partial charge in [0.05, 0.1) is 0 Å². The third-order valence-electron chi connectivity index (χ3n) is 3.41. The molecule has 0 amide bonds. The fraction of sp³-hybridized carbons (Fsp3) is 0.500. The van der Waals surface area contributed by atoms with Crippen molar-refractivity contribution in [1.29, 1.82) is 0 Å². The van der Waals surface area contributed by atoms with Crippen LogP contribution in [0, 0.1) is 0 Å². The predicted molar refractivity (Wildman–Crippen MR) is 81.5 cm³/mol. The molecule has 0 spiro atoms. The van der Waals surface area contributed by atoms with E-state index in [4.69, 9.17) is 12.2 Å². The molecule has 1 saturated carbocycles. The van der Waals surface area contributed by atoms with Crippen molar-refractivity contribution in [2.75, 3.05) is 7.05 Å². The summed E-state index contributed by atoms with van der Waals surface area (Å²) in [5.41, 5.74) is 0.793. The smallest absolute Gasteiger partial charge is 0.103 e. The molecule has 3 heteroatoms. The molecule has 0 radical (unpaired) electrons. The zero-order valence-electron chi connectivity index (χ0n) is 10.4. The van der Waals surface area contributed by atoms with Crippen LogP contribution in [-0.4, -0.2) is 17.4 Å². The van der Waals surface area contributed by atoms with E-state index in [0.717, 1.165) is 10.4 Å². The second-order valence-electron chi connectivity index (χ2n) is 4.55. The largest absolute Gasteiger partial charge is 0.379 e. The minimum absolute atomic E-state index is 0.315. The van der Waals surface area contributed by atoms with E-state index in [1.165, 1.54) is 37.4 Å². The molecule has 17 heavy (non-hydrogen) atoms. The van der Waals surface area contributed by atoms with Crippen LogP contribution < -0.4 is 10.6 Å². The molecule has 0 saturated heterocycles. The first-order valence-electron chi connectivity index (χ1n) is 6.39. The zero-order chi connectivity index (χ0) is 12.1. The molecule has 1 fully saturated rings. The highest BCUT2D eigenvalue weighted by Gasteiger charge is 2.27. The standard InChI is InChI=1S/C14H20NPS/c1-15-14(17)16(12-8-4-2-5-9-12)13-10-6-3-7-11-13/h2,4-5,8-9,13H,3,6-7,10-11H2,1H3,(H,15,17). The monoisotopic (exact) mass is 265 g/mol. The summed E-state index contributed by atoms with van der Waals surface area (Å²) in [6.45, 7) is 0. The van der Waals surface area contributed by atoms with Crippen molar-refractivity contribution in [2.45, 2.75) is 37.8 Å². The van der Waals surface area contributed by atoms with Gasteiger partial charge >= 0.3 is 0 Å². The summed E-state index contributed by atoms with van der Waals surface area (Å²) in [5, 5.41) is 4.66. The molecule has 1 unspecified atom stereocenters. The summed E-state index contributed by atoms with van der Waals surface area (Å²) in [6, 6.07) is 10.8. The summed E-state index contributed by atoms with van der Waals surface area (Å²) in [4.78, 5) is 0. The Balaban J connectivity index is 2.21. The van der Waals surface area contributed by atoms with Gasteiger partial charge in [0, 0.05) is 7.05 Å². The zero-order valence-corrected chi connectivity index (χ0v) is 12.1. The Bertz CT molecular complexity index is 360. The first-order chi connectivity index (χ1) is 8.33. The second kappa shape index (κ2) is 6.47. The fourth-order valence-electron chi connectivity index (χ4n) is 2.54. The highest BCUT2D eigenvalue weighted by Crippen LogP contribution is 2.47. The van der Waals surface area contributed by atoms with E-state index >= 15 is 0 Å². The van der Waals surface area contributed by atoms with E-state index in [1.54, 1.807) is 0 Å². The van der Waals surface area contributed by atoms with Gasteiger partial charge in [-0.25, -0.2) is 0 Å². The lowest BCUT2D eigenvalue weighted by Crippen LogP contribution is -2.27. The minimum Gasteiger partial charge on any atom is -0.379 e. The average molecular weight is 265 g/mol. The topological polar surface area (TPSA) is 12.0 Å². The molecule has 1 N–H and O–H groups in total. The van der Waals surface area contributed by atoms with Gasteiger partial charge in [0.25, 0.3) is 0 Å². The van der Waals surface area contributed by atoms with Gasteiger partial charge < -0.3 is 5.32 Å². The van der Waals surface area contributed by atoms with Crippen LogP contribution in [0.15, 0.2) is 30.3 Å². The van der Waals surface area contributed by atoms with Gasteiger partial charge in [-0.05, 0) is 31.7 Å². The summed E-state index contributed by atoms with van der Waals surface area (Å²) in [5.74, 6) is 0. The van der Waals surface area contributed by atoms with Crippen molar-refractivity contribution in [2.24, 2.45) is 0 Å². The van der Waals surface area contributed by atoms with Crippen molar-refractivity contribution >= 4 is 30.2 Å². The van der Waals surface area contributed by atoms with Gasteiger partial charge in [-0.3, -0.25) is 0 Å². The molecule has 92 valence electrons. The van der Waals surface area contributed by atoms with Crippen molar-refractivity contribution in [1.82, 2.24) is 5.32 Å². The lowest BCUT2D eigenvalue weighted by molar-refractivity contribution is 0.513. The molecule has 1 aliphatic carbocycles. The van der Waals surface area contributed by atoms with Gasteiger partial charge in [-0.15, -0.1) is 0 Å². The molecule has 2 rings (SSSR count). The van der Waals surface area contributed by atoms with Gasteiger partial charge in [-0.1, -0.05) is 61.8 Å². The quantitative estimate of drug-likeness (QED) is 0.661. The van der Waals surface area contributed by atoms with Gasteiger partial charge in [-0.2, -0.15) is 0 Å². The van der Waals surface area contributed by atoms with Crippen LogP contribution in [-0.2, 0) is 0 Å². The number of hydrogen-bond donors (Lipinski definition) is 1. The van der Waals surface area contributed by atoms with E-state index in [1.807, 2.05) is 7.05 Å². The van der Waals surface area contributed by atoms with E-state index in [9.17, 15) is 0 Å². The van der Waals surface area contributed by atoms with Crippen LogP contribution in [0.3, 0.4) is 0 Å². The molecule has 0 aromatic heterocycles. The first kappa shape index (κ1) is 13.0. The fourth-order valence-corrected chi connectivity index (χ4v) is 5.91. The predicted octanol–water partition coefficient (Wildman–Crippen LogP) is 3.63. The number of benzene rings is 1. The molecule has 0 bridgehead atoms. The first-order valence-corrected chi connectivity index (χ1v) is 8.21.